The van der Waals surface area contributed by atoms with E-state index in [0.717, 1.165) is 25.7 Å². The van der Waals surface area contributed by atoms with Crippen LogP contribution in [0.2, 0.25) is 5.02 Å². The van der Waals surface area contributed by atoms with Crippen molar-refractivity contribution in [1.29, 1.82) is 0 Å². The quantitative estimate of drug-likeness (QED) is 0.708. The molecule has 1 N–H and O–H groups in total. The number of hydrogen-bond acceptors (Lipinski definition) is 4. The molecule has 7 nitrogen and oxygen atoms in total. The lowest BCUT2D eigenvalue weighted by Gasteiger charge is -2.40. The Kier molecular flexibility index (Phi) is 7.73. The molecule has 0 spiro atoms. The van der Waals surface area contributed by atoms with Crippen LogP contribution in [0.15, 0.2) is 18.2 Å². The number of amides is 1. The topological polar surface area (TPSA) is 73.0 Å². The fourth-order valence-electron chi connectivity index (χ4n) is 4.12. The molecule has 1 heterocycles. The summed E-state index contributed by atoms with van der Waals surface area (Å²) in [5.41, 5.74) is 0.425. The normalized spacial score (nSPS) is 21.0. The fraction of sp³-hybridized carbons (Fsp3) is 0.650. The standard InChI is InChI=1S/C20H30ClFN4O3S/c1-15(20(27)23-16-8-9-19(22)18(21)14-16)25-10-12-26(13-11-25)30(28,29)24(2)17-6-4-3-5-7-17/h8-9,14-15,17H,3-7,10-13H2,1-2H3,(H,23,27). The maximum absolute atomic E-state index is 13.3. The Morgan fingerprint density at radius 1 is 1.20 bits per heavy atom. The van der Waals surface area contributed by atoms with Crippen LogP contribution >= 0.6 is 11.6 Å². The van der Waals surface area contributed by atoms with Gasteiger partial charge in [0.1, 0.15) is 5.82 Å². The van der Waals surface area contributed by atoms with Crippen molar-refractivity contribution in [3.63, 3.8) is 0 Å². The lowest BCUT2D eigenvalue weighted by Crippen LogP contribution is -2.57. The summed E-state index contributed by atoms with van der Waals surface area (Å²) in [6.07, 6.45) is 5.15. The summed E-state index contributed by atoms with van der Waals surface area (Å²) in [6.45, 7) is 3.41. The lowest BCUT2D eigenvalue weighted by molar-refractivity contribution is -0.121. The first-order valence-corrected chi connectivity index (χ1v) is 12.2. The predicted octanol–water partition coefficient (Wildman–Crippen LogP) is 2.93. The number of nitrogens with one attached hydrogen (secondary N) is 1. The number of halogens is 2. The summed E-state index contributed by atoms with van der Waals surface area (Å²) in [6, 6.07) is 3.66. The van der Waals surface area contributed by atoms with Gasteiger partial charge in [-0.15, -0.1) is 0 Å². The van der Waals surface area contributed by atoms with Gasteiger partial charge in [0.25, 0.3) is 10.2 Å². The molecule has 2 fully saturated rings. The van der Waals surface area contributed by atoms with Crippen molar-refractivity contribution >= 4 is 33.4 Å². The Labute approximate surface area is 183 Å². The maximum Gasteiger partial charge on any atom is 0.282 e. The first kappa shape index (κ1) is 23.4. The molecule has 1 aromatic rings. The van der Waals surface area contributed by atoms with E-state index in [1.54, 1.807) is 14.0 Å². The summed E-state index contributed by atoms with van der Waals surface area (Å²) < 4.78 is 42.4. The Balaban J connectivity index is 1.54. The smallest absolute Gasteiger partial charge is 0.282 e. The number of rotatable bonds is 6. The number of carbonyl (C=O) groups excluding carboxylic acids is 1. The third-order valence-corrected chi connectivity index (χ3v) is 8.50. The molecule has 168 valence electrons. The third-order valence-electron chi connectivity index (χ3n) is 6.17. The predicted molar refractivity (Wildman–Crippen MR) is 116 cm³/mol. The van der Waals surface area contributed by atoms with E-state index >= 15 is 0 Å². The number of carbonyl (C=O) groups is 1. The minimum Gasteiger partial charge on any atom is -0.325 e. The van der Waals surface area contributed by atoms with Crippen LogP contribution in [0.25, 0.3) is 0 Å². The van der Waals surface area contributed by atoms with Gasteiger partial charge in [0.2, 0.25) is 5.91 Å². The SMILES string of the molecule is CC(C(=O)Nc1ccc(F)c(Cl)c1)N1CCN(S(=O)(=O)N(C)C2CCCCC2)CC1. The van der Waals surface area contributed by atoms with Gasteiger partial charge in [-0.2, -0.15) is 17.0 Å². The van der Waals surface area contributed by atoms with Crippen LogP contribution in [-0.4, -0.2) is 73.1 Å². The van der Waals surface area contributed by atoms with Crippen LogP contribution in [0.5, 0.6) is 0 Å². The highest BCUT2D eigenvalue weighted by Gasteiger charge is 2.36. The molecular weight excluding hydrogens is 431 g/mol. The Bertz CT molecular complexity index is 856. The van der Waals surface area contributed by atoms with E-state index in [0.29, 0.717) is 31.9 Å². The minimum absolute atomic E-state index is 0.0543. The van der Waals surface area contributed by atoms with Gasteiger partial charge >= 0.3 is 0 Å². The highest BCUT2D eigenvalue weighted by atomic mass is 35.5. The van der Waals surface area contributed by atoms with Crippen molar-refractivity contribution in [1.82, 2.24) is 13.5 Å². The van der Waals surface area contributed by atoms with Gasteiger partial charge in [-0.05, 0) is 38.0 Å². The molecule has 1 unspecified atom stereocenters. The molecule has 0 bridgehead atoms. The molecule has 30 heavy (non-hydrogen) atoms. The van der Waals surface area contributed by atoms with Crippen molar-refractivity contribution in [3.05, 3.63) is 29.0 Å². The van der Waals surface area contributed by atoms with E-state index in [4.69, 9.17) is 11.6 Å². The van der Waals surface area contributed by atoms with E-state index in [9.17, 15) is 17.6 Å². The van der Waals surface area contributed by atoms with Gasteiger partial charge in [-0.1, -0.05) is 30.9 Å². The number of benzene rings is 1. The summed E-state index contributed by atoms with van der Waals surface area (Å²) in [5.74, 6) is -0.786. The first-order valence-electron chi connectivity index (χ1n) is 10.4. The number of piperazine rings is 1. The summed E-state index contributed by atoms with van der Waals surface area (Å²) in [4.78, 5) is 14.5. The Hall–Kier alpha value is -1.26. The van der Waals surface area contributed by atoms with Gasteiger partial charge in [0, 0.05) is 45.0 Å². The average Bonchev–Trinajstić information content (AvgIpc) is 2.76. The number of anilines is 1. The van der Waals surface area contributed by atoms with E-state index < -0.39 is 22.1 Å². The molecule has 3 rings (SSSR count). The molecule has 1 aliphatic carbocycles. The summed E-state index contributed by atoms with van der Waals surface area (Å²) in [7, 11) is -1.82. The van der Waals surface area contributed by atoms with Crippen molar-refractivity contribution in [2.45, 2.75) is 51.1 Å². The molecule has 1 amide bonds. The van der Waals surface area contributed by atoms with Crippen LogP contribution < -0.4 is 5.32 Å². The number of nitrogens with zero attached hydrogens (tertiary/aromatic N) is 3. The second-order valence-corrected chi connectivity index (χ2v) is 10.4. The molecule has 1 aromatic carbocycles. The van der Waals surface area contributed by atoms with Crippen LogP contribution in [-0.2, 0) is 15.0 Å². The summed E-state index contributed by atoms with van der Waals surface area (Å²) in [5, 5.41) is 2.68. The molecule has 0 aromatic heterocycles. The zero-order valence-electron chi connectivity index (χ0n) is 17.5. The maximum atomic E-state index is 13.3. The average molecular weight is 461 g/mol. The third kappa shape index (κ3) is 5.31. The van der Waals surface area contributed by atoms with E-state index in [-0.39, 0.29) is 17.0 Å². The van der Waals surface area contributed by atoms with Crippen LogP contribution in [0.4, 0.5) is 10.1 Å². The van der Waals surface area contributed by atoms with E-state index in [1.807, 2.05) is 4.90 Å². The zero-order chi connectivity index (χ0) is 21.9. The minimum atomic E-state index is -3.50. The molecule has 0 radical (unpaired) electrons. The Morgan fingerprint density at radius 3 is 2.43 bits per heavy atom. The van der Waals surface area contributed by atoms with Crippen LogP contribution in [0.3, 0.4) is 0 Å². The van der Waals surface area contributed by atoms with E-state index in [1.165, 1.54) is 33.2 Å². The molecule has 1 saturated heterocycles. The lowest BCUT2D eigenvalue weighted by atomic mass is 9.96. The summed E-state index contributed by atoms with van der Waals surface area (Å²) >= 11 is 5.76. The second-order valence-electron chi connectivity index (χ2n) is 8.04. The monoisotopic (exact) mass is 460 g/mol. The van der Waals surface area contributed by atoms with Crippen molar-refractivity contribution < 1.29 is 17.6 Å². The van der Waals surface area contributed by atoms with Crippen LogP contribution in [0, 0.1) is 5.82 Å². The van der Waals surface area contributed by atoms with Gasteiger partial charge in [0.05, 0.1) is 11.1 Å². The van der Waals surface area contributed by atoms with Gasteiger partial charge in [-0.3, -0.25) is 9.69 Å². The van der Waals surface area contributed by atoms with Gasteiger partial charge in [0.15, 0.2) is 0 Å². The van der Waals surface area contributed by atoms with E-state index in [2.05, 4.69) is 5.32 Å². The van der Waals surface area contributed by atoms with Crippen molar-refractivity contribution in [2.75, 3.05) is 38.5 Å². The first-order chi connectivity index (χ1) is 14.2. The highest BCUT2D eigenvalue weighted by Crippen LogP contribution is 2.25. The highest BCUT2D eigenvalue weighted by molar-refractivity contribution is 7.86. The van der Waals surface area contributed by atoms with Gasteiger partial charge in [-0.25, -0.2) is 4.39 Å². The molecule has 1 aliphatic heterocycles. The molecule has 2 aliphatic rings. The molecule has 1 saturated carbocycles. The molecule has 10 heteroatoms. The molecular formula is C20H30ClFN4O3S. The van der Waals surface area contributed by atoms with Crippen LogP contribution in [0.1, 0.15) is 39.0 Å². The van der Waals surface area contributed by atoms with Gasteiger partial charge < -0.3 is 5.32 Å². The van der Waals surface area contributed by atoms with Crippen molar-refractivity contribution in [2.24, 2.45) is 0 Å². The Morgan fingerprint density at radius 2 is 1.83 bits per heavy atom. The zero-order valence-corrected chi connectivity index (χ0v) is 19.1. The largest absolute Gasteiger partial charge is 0.325 e. The number of hydrogen-bond donors (Lipinski definition) is 1. The molecule has 1 atom stereocenters. The van der Waals surface area contributed by atoms with Crippen molar-refractivity contribution in [3.8, 4) is 0 Å². The fourth-order valence-corrected chi connectivity index (χ4v) is 5.88. The second kappa shape index (κ2) is 9.91.